The van der Waals surface area contributed by atoms with E-state index in [1.807, 2.05) is 0 Å². The number of likely N-dealkylation sites (N-methyl/N-ethyl adjacent to an activating group) is 1. The van der Waals surface area contributed by atoms with Crippen LogP contribution in [0.1, 0.15) is 0 Å². The number of aliphatic hydroxyl groups excluding tert-OH is 2. The van der Waals surface area contributed by atoms with Gasteiger partial charge in [0.25, 0.3) is 6.47 Å². The van der Waals surface area contributed by atoms with Gasteiger partial charge in [0.15, 0.2) is 0 Å². The molecule has 0 amide bonds. The van der Waals surface area contributed by atoms with Gasteiger partial charge in [0.2, 0.25) is 0 Å². The molecule has 0 bridgehead atoms. The molecule has 0 radical (unpaired) electrons. The molecule has 0 aromatic rings. The largest absolute Gasteiger partial charge is 0.461 e. The minimum Gasteiger partial charge on any atom is -0.461 e. The summed E-state index contributed by atoms with van der Waals surface area (Å²) in [6.45, 7) is 4.89. The average Bonchev–Trinajstić information content (AvgIpc) is 2.28. The van der Waals surface area contributed by atoms with Gasteiger partial charge in [0, 0.05) is 13.1 Å². The number of hydrogen-bond donors (Lipinski definition) is 2. The van der Waals surface area contributed by atoms with Crippen molar-refractivity contribution in [2.24, 2.45) is 0 Å². The van der Waals surface area contributed by atoms with Crippen LogP contribution in [-0.2, 0) is 14.3 Å². The van der Waals surface area contributed by atoms with E-state index in [9.17, 15) is 9.90 Å². The SMILES string of the molecule is C=CCOCC(O)CN(C)CC(CO)OC=O. The summed E-state index contributed by atoms with van der Waals surface area (Å²) in [6.07, 6.45) is 0.408. The van der Waals surface area contributed by atoms with E-state index in [1.165, 1.54) is 0 Å². The fraction of sp³-hybridized carbons (Fsp3) is 0.727. The molecular formula is C11H21NO5. The van der Waals surface area contributed by atoms with Crippen molar-refractivity contribution in [3.63, 3.8) is 0 Å². The lowest BCUT2D eigenvalue weighted by Gasteiger charge is -2.23. The monoisotopic (exact) mass is 247 g/mol. The Morgan fingerprint density at radius 2 is 2.18 bits per heavy atom. The fourth-order valence-electron chi connectivity index (χ4n) is 1.34. The molecule has 0 fully saturated rings. The predicted octanol–water partition coefficient (Wildman–Crippen LogP) is -0.984. The minimum atomic E-state index is -0.629. The van der Waals surface area contributed by atoms with Crippen molar-refractivity contribution >= 4 is 6.47 Å². The average molecular weight is 247 g/mol. The van der Waals surface area contributed by atoms with Gasteiger partial charge in [-0.3, -0.25) is 9.69 Å². The Kier molecular flexibility index (Phi) is 9.65. The molecule has 0 aromatic carbocycles. The van der Waals surface area contributed by atoms with E-state index in [-0.39, 0.29) is 13.2 Å². The Bertz CT molecular complexity index is 212. The van der Waals surface area contributed by atoms with Crippen LogP contribution in [0.4, 0.5) is 0 Å². The molecule has 0 aromatic heterocycles. The zero-order chi connectivity index (χ0) is 13.1. The molecule has 2 unspecified atom stereocenters. The number of hydrogen-bond acceptors (Lipinski definition) is 6. The third-order valence-electron chi connectivity index (χ3n) is 2.04. The molecule has 0 heterocycles. The first kappa shape index (κ1) is 16.1. The highest BCUT2D eigenvalue weighted by molar-refractivity contribution is 5.37. The lowest BCUT2D eigenvalue weighted by Crippen LogP contribution is -2.39. The highest BCUT2D eigenvalue weighted by Crippen LogP contribution is 1.96. The van der Waals surface area contributed by atoms with Crippen LogP contribution >= 0.6 is 0 Å². The zero-order valence-electron chi connectivity index (χ0n) is 10.1. The number of carbonyl (C=O) groups excluding carboxylic acids is 1. The van der Waals surface area contributed by atoms with E-state index < -0.39 is 12.2 Å². The summed E-state index contributed by atoms with van der Waals surface area (Å²) in [5.74, 6) is 0. The molecule has 0 aliphatic rings. The molecule has 100 valence electrons. The van der Waals surface area contributed by atoms with Crippen LogP contribution in [0.3, 0.4) is 0 Å². The van der Waals surface area contributed by atoms with Gasteiger partial charge in [-0.2, -0.15) is 0 Å². The summed E-state index contributed by atoms with van der Waals surface area (Å²) in [7, 11) is 1.76. The smallest absolute Gasteiger partial charge is 0.293 e. The quantitative estimate of drug-likeness (QED) is 0.277. The van der Waals surface area contributed by atoms with E-state index in [0.717, 1.165) is 0 Å². The lowest BCUT2D eigenvalue weighted by atomic mass is 10.3. The van der Waals surface area contributed by atoms with E-state index in [1.54, 1.807) is 18.0 Å². The summed E-state index contributed by atoms with van der Waals surface area (Å²) in [5, 5.41) is 18.5. The second-order valence-electron chi connectivity index (χ2n) is 3.74. The van der Waals surface area contributed by atoms with Crippen molar-refractivity contribution in [2.45, 2.75) is 12.2 Å². The summed E-state index contributed by atoms with van der Waals surface area (Å²) in [6, 6.07) is 0. The Morgan fingerprint density at radius 3 is 2.71 bits per heavy atom. The highest BCUT2D eigenvalue weighted by atomic mass is 16.5. The standard InChI is InChI=1S/C11H21NO5/c1-3-4-16-8-10(15)5-12(2)6-11(7-13)17-9-14/h3,9-11,13,15H,1,4-8H2,2H3. The van der Waals surface area contributed by atoms with E-state index in [4.69, 9.17) is 9.84 Å². The molecule has 6 heteroatoms. The molecule has 0 aliphatic carbocycles. The van der Waals surface area contributed by atoms with Crippen LogP contribution in [0.25, 0.3) is 0 Å². The number of ether oxygens (including phenoxy) is 2. The third-order valence-corrected chi connectivity index (χ3v) is 2.04. The van der Waals surface area contributed by atoms with Gasteiger partial charge < -0.3 is 19.7 Å². The molecule has 17 heavy (non-hydrogen) atoms. The zero-order valence-corrected chi connectivity index (χ0v) is 10.1. The first-order valence-electron chi connectivity index (χ1n) is 5.39. The van der Waals surface area contributed by atoms with Crippen molar-refractivity contribution in [2.75, 3.05) is 40.0 Å². The number of aliphatic hydroxyl groups is 2. The maximum Gasteiger partial charge on any atom is 0.293 e. The molecule has 0 saturated heterocycles. The normalized spacial score (nSPS) is 14.4. The molecule has 0 rings (SSSR count). The van der Waals surface area contributed by atoms with Gasteiger partial charge >= 0.3 is 0 Å². The van der Waals surface area contributed by atoms with Gasteiger partial charge in [-0.25, -0.2) is 0 Å². The van der Waals surface area contributed by atoms with Gasteiger partial charge in [0.1, 0.15) is 6.10 Å². The van der Waals surface area contributed by atoms with Gasteiger partial charge in [-0.15, -0.1) is 6.58 Å². The van der Waals surface area contributed by atoms with Crippen LogP contribution in [0.2, 0.25) is 0 Å². The van der Waals surface area contributed by atoms with Gasteiger partial charge in [-0.05, 0) is 7.05 Å². The van der Waals surface area contributed by atoms with Crippen LogP contribution in [0, 0.1) is 0 Å². The van der Waals surface area contributed by atoms with Crippen LogP contribution < -0.4 is 0 Å². The Hall–Kier alpha value is -0.950. The van der Waals surface area contributed by atoms with E-state index in [0.29, 0.717) is 26.2 Å². The lowest BCUT2D eigenvalue weighted by molar-refractivity contribution is -0.136. The first-order chi connectivity index (χ1) is 8.13. The van der Waals surface area contributed by atoms with Crippen molar-refractivity contribution < 1.29 is 24.5 Å². The van der Waals surface area contributed by atoms with Crippen LogP contribution in [-0.4, -0.2) is 73.8 Å². The first-order valence-corrected chi connectivity index (χ1v) is 5.39. The predicted molar refractivity (Wildman–Crippen MR) is 62.5 cm³/mol. The number of rotatable bonds is 11. The van der Waals surface area contributed by atoms with Crippen molar-refractivity contribution in [1.29, 1.82) is 0 Å². The van der Waals surface area contributed by atoms with E-state index in [2.05, 4.69) is 11.3 Å². The molecule has 2 N–H and O–H groups in total. The summed E-state index contributed by atoms with van der Waals surface area (Å²) in [4.78, 5) is 11.9. The molecule has 0 spiro atoms. The Balaban J connectivity index is 3.77. The maximum absolute atomic E-state index is 10.1. The van der Waals surface area contributed by atoms with Crippen molar-refractivity contribution in [3.8, 4) is 0 Å². The second kappa shape index (κ2) is 10.2. The van der Waals surface area contributed by atoms with Gasteiger partial charge in [-0.1, -0.05) is 6.08 Å². The highest BCUT2D eigenvalue weighted by Gasteiger charge is 2.14. The molecule has 2 atom stereocenters. The van der Waals surface area contributed by atoms with Crippen molar-refractivity contribution in [3.05, 3.63) is 12.7 Å². The molecule has 0 aliphatic heterocycles. The summed E-state index contributed by atoms with van der Waals surface area (Å²) in [5.41, 5.74) is 0. The number of nitrogens with zero attached hydrogens (tertiary/aromatic N) is 1. The topological polar surface area (TPSA) is 79.2 Å². The Morgan fingerprint density at radius 1 is 1.47 bits per heavy atom. The minimum absolute atomic E-state index is 0.217. The summed E-state index contributed by atoms with van der Waals surface area (Å²) < 4.78 is 9.74. The number of carbonyl (C=O) groups is 1. The Labute approximate surface area is 101 Å². The van der Waals surface area contributed by atoms with Crippen molar-refractivity contribution in [1.82, 2.24) is 4.90 Å². The van der Waals surface area contributed by atoms with Gasteiger partial charge in [0.05, 0.1) is 25.9 Å². The molecule has 0 saturated carbocycles. The summed E-state index contributed by atoms with van der Waals surface area (Å²) >= 11 is 0. The van der Waals surface area contributed by atoms with Crippen LogP contribution in [0.15, 0.2) is 12.7 Å². The van der Waals surface area contributed by atoms with Crippen LogP contribution in [0.5, 0.6) is 0 Å². The second-order valence-corrected chi connectivity index (χ2v) is 3.74. The third kappa shape index (κ3) is 8.82. The maximum atomic E-state index is 10.1. The molecular weight excluding hydrogens is 226 g/mol. The molecule has 6 nitrogen and oxygen atoms in total. The fourth-order valence-corrected chi connectivity index (χ4v) is 1.34. The van der Waals surface area contributed by atoms with E-state index >= 15 is 0 Å².